The Hall–Kier alpha value is -2.77. The summed E-state index contributed by atoms with van der Waals surface area (Å²) in [5.74, 6) is 0. The number of hydrazine groups is 6. The van der Waals surface area contributed by atoms with Crippen molar-refractivity contribution in [2.45, 2.75) is 35.5 Å². The lowest BCUT2D eigenvalue weighted by atomic mass is 10.2. The van der Waals surface area contributed by atoms with Gasteiger partial charge >= 0.3 is 0 Å². The van der Waals surface area contributed by atoms with Gasteiger partial charge in [0.05, 0.1) is 14.7 Å². The standard InChI is InChI=1S/C21H27N7O6S3/c1-16-4-10-19(11-5-16)35(29,30)25-22-28(23-26-36(31,32)20-12-6-17(2)7-13-20)24-27-37(33,34)21-14-8-18(3)9-15-21/h4-15,22-27H,1-3H3. The third-order valence-electron chi connectivity index (χ3n) is 4.87. The first-order valence-corrected chi connectivity index (χ1v) is 15.1. The van der Waals surface area contributed by atoms with Gasteiger partial charge in [-0.3, -0.25) is 0 Å². The summed E-state index contributed by atoms with van der Waals surface area (Å²) < 4.78 is 75.7. The second-order valence-corrected chi connectivity index (χ2v) is 13.0. The van der Waals surface area contributed by atoms with Crippen molar-refractivity contribution < 1.29 is 25.3 Å². The first kappa shape index (κ1) is 28.8. The van der Waals surface area contributed by atoms with Crippen LogP contribution in [-0.4, -0.2) is 30.5 Å². The number of nitrogens with zero attached hydrogens (tertiary/aromatic N) is 1. The van der Waals surface area contributed by atoms with E-state index in [9.17, 15) is 25.3 Å². The zero-order valence-electron chi connectivity index (χ0n) is 20.0. The second kappa shape index (κ2) is 11.7. The molecule has 0 aliphatic carbocycles. The molecule has 3 rings (SSSR count). The molecule has 3 aromatic carbocycles. The quantitative estimate of drug-likeness (QED) is 0.167. The summed E-state index contributed by atoms with van der Waals surface area (Å²) in [6.07, 6.45) is 0. The summed E-state index contributed by atoms with van der Waals surface area (Å²) in [5.41, 5.74) is 9.00. The number of aryl methyl sites for hydroxylation is 3. The predicted molar refractivity (Wildman–Crippen MR) is 136 cm³/mol. The molecular weight excluding hydrogens is 542 g/mol. The fourth-order valence-corrected chi connectivity index (χ4v) is 5.20. The molecule has 3 aromatic rings. The molecule has 0 heterocycles. The van der Waals surface area contributed by atoms with E-state index < -0.39 is 30.1 Å². The van der Waals surface area contributed by atoms with Gasteiger partial charge in [0.1, 0.15) is 0 Å². The first-order chi connectivity index (χ1) is 17.3. The smallest absolute Gasteiger partial charge is 0.206 e. The lowest BCUT2D eigenvalue weighted by Gasteiger charge is -2.24. The Kier molecular flexibility index (Phi) is 9.13. The topological polar surface area (TPSA) is 178 Å². The summed E-state index contributed by atoms with van der Waals surface area (Å²) in [6.45, 7) is 5.37. The highest BCUT2D eigenvalue weighted by molar-refractivity contribution is 7.90. The molecule has 0 aliphatic rings. The monoisotopic (exact) mass is 569 g/mol. The third kappa shape index (κ3) is 8.11. The average molecular weight is 570 g/mol. The van der Waals surface area contributed by atoms with Crippen molar-refractivity contribution in [2.24, 2.45) is 0 Å². The highest BCUT2D eigenvalue weighted by Crippen LogP contribution is 2.11. The summed E-state index contributed by atoms with van der Waals surface area (Å²) in [6, 6.07) is 17.7. The minimum absolute atomic E-state index is 0.0916. The Balaban J connectivity index is 1.76. The largest absolute Gasteiger partial charge is 0.254 e. The van der Waals surface area contributed by atoms with Crippen LogP contribution in [0.4, 0.5) is 0 Å². The lowest BCUT2D eigenvalue weighted by molar-refractivity contribution is 0.0197. The second-order valence-electron chi connectivity index (χ2n) is 7.93. The van der Waals surface area contributed by atoms with Crippen molar-refractivity contribution in [3.05, 3.63) is 89.5 Å². The molecule has 0 aliphatic heterocycles. The maximum atomic E-state index is 12.6. The van der Waals surface area contributed by atoms with Crippen LogP contribution in [0, 0.1) is 20.8 Å². The zero-order chi connectivity index (χ0) is 27.3. The molecule has 6 N–H and O–H groups in total. The van der Waals surface area contributed by atoms with Crippen molar-refractivity contribution in [1.82, 2.24) is 36.3 Å². The molecule has 0 aromatic heterocycles. The lowest BCUT2D eigenvalue weighted by Crippen LogP contribution is -2.68. The van der Waals surface area contributed by atoms with E-state index in [-0.39, 0.29) is 14.7 Å². The van der Waals surface area contributed by atoms with Gasteiger partial charge in [-0.25, -0.2) is 25.3 Å². The highest BCUT2D eigenvalue weighted by atomic mass is 32.2. The van der Waals surface area contributed by atoms with Crippen molar-refractivity contribution in [1.29, 1.82) is 0 Å². The summed E-state index contributed by atoms with van der Waals surface area (Å²) in [5, 5.41) is 0.517. The van der Waals surface area contributed by atoms with Crippen LogP contribution in [0.5, 0.6) is 0 Å². The van der Waals surface area contributed by atoms with Gasteiger partial charge in [-0.05, 0) is 57.2 Å². The van der Waals surface area contributed by atoms with E-state index in [2.05, 4.69) is 16.6 Å². The number of sulfonamides is 3. The number of hydrogen-bond acceptors (Lipinski definition) is 10. The van der Waals surface area contributed by atoms with Gasteiger partial charge in [-0.1, -0.05) is 58.3 Å². The van der Waals surface area contributed by atoms with Gasteiger partial charge in [0.25, 0.3) is 30.1 Å². The number of nitrogens with one attached hydrogen (secondary N) is 6. The molecule has 0 bridgehead atoms. The Bertz CT molecular complexity index is 1340. The van der Waals surface area contributed by atoms with E-state index in [1.165, 1.54) is 36.4 Å². The molecule has 0 saturated heterocycles. The van der Waals surface area contributed by atoms with Crippen LogP contribution in [0.25, 0.3) is 0 Å². The van der Waals surface area contributed by atoms with Gasteiger partial charge in [0, 0.05) is 0 Å². The van der Waals surface area contributed by atoms with Crippen LogP contribution in [0.2, 0.25) is 0 Å². The number of hydrogen-bond donors (Lipinski definition) is 6. The summed E-state index contributed by atoms with van der Waals surface area (Å²) in [7, 11) is -12.4. The van der Waals surface area contributed by atoms with Gasteiger partial charge in [0.2, 0.25) is 0 Å². The third-order valence-corrected chi connectivity index (χ3v) is 8.63. The van der Waals surface area contributed by atoms with Crippen LogP contribution in [0.3, 0.4) is 0 Å². The highest BCUT2D eigenvalue weighted by Gasteiger charge is 2.20. The van der Waals surface area contributed by atoms with Crippen LogP contribution in [0.15, 0.2) is 87.5 Å². The zero-order valence-corrected chi connectivity index (χ0v) is 22.5. The first-order valence-electron chi connectivity index (χ1n) is 10.6. The minimum Gasteiger partial charge on any atom is -0.206 e. The van der Waals surface area contributed by atoms with Crippen LogP contribution in [0.1, 0.15) is 16.7 Å². The molecule has 0 fully saturated rings. The van der Waals surface area contributed by atoms with Crippen LogP contribution >= 0.6 is 0 Å². The van der Waals surface area contributed by atoms with Crippen molar-refractivity contribution in [2.75, 3.05) is 0 Å². The Morgan fingerprint density at radius 3 is 0.865 bits per heavy atom. The molecule has 0 amide bonds. The van der Waals surface area contributed by atoms with E-state index in [0.29, 0.717) is 5.23 Å². The van der Waals surface area contributed by atoms with Gasteiger partial charge < -0.3 is 0 Å². The molecular formula is C21H27N7O6S3. The van der Waals surface area contributed by atoms with E-state index >= 15 is 0 Å². The number of benzene rings is 3. The normalized spacial score (nSPS) is 12.6. The minimum atomic E-state index is -4.13. The van der Waals surface area contributed by atoms with E-state index in [1.54, 1.807) is 57.2 Å². The maximum absolute atomic E-state index is 12.6. The van der Waals surface area contributed by atoms with E-state index in [4.69, 9.17) is 0 Å². The average Bonchev–Trinajstić information content (AvgIpc) is 2.84. The van der Waals surface area contributed by atoms with Crippen molar-refractivity contribution in [3.8, 4) is 0 Å². The van der Waals surface area contributed by atoms with E-state index in [1.807, 2.05) is 14.5 Å². The van der Waals surface area contributed by atoms with Crippen molar-refractivity contribution >= 4 is 30.1 Å². The van der Waals surface area contributed by atoms with Gasteiger partial charge in [-0.15, -0.1) is 31.1 Å². The van der Waals surface area contributed by atoms with Gasteiger partial charge in [0.15, 0.2) is 0 Å². The summed E-state index contributed by atoms with van der Waals surface area (Å²) >= 11 is 0. The fourth-order valence-electron chi connectivity index (χ4n) is 2.73. The SMILES string of the molecule is Cc1ccc(S(=O)(=O)NNN(NNS(=O)(=O)c2ccc(C)cc2)NNS(=O)(=O)c2ccc(C)cc2)cc1. The molecule has 200 valence electrons. The number of rotatable bonds is 12. The molecule has 0 saturated carbocycles. The Labute approximate surface area is 216 Å². The molecule has 13 nitrogen and oxygen atoms in total. The molecule has 0 atom stereocenters. The molecule has 0 radical (unpaired) electrons. The Morgan fingerprint density at radius 2 is 0.649 bits per heavy atom. The van der Waals surface area contributed by atoms with E-state index in [0.717, 1.165) is 16.7 Å². The molecule has 0 unspecified atom stereocenters. The van der Waals surface area contributed by atoms with Crippen LogP contribution < -0.4 is 31.1 Å². The molecule has 16 heteroatoms. The van der Waals surface area contributed by atoms with Gasteiger partial charge in [-0.2, -0.15) is 0 Å². The fraction of sp³-hybridized carbons (Fsp3) is 0.143. The summed E-state index contributed by atoms with van der Waals surface area (Å²) in [4.78, 5) is 5.77. The molecule has 0 spiro atoms. The Morgan fingerprint density at radius 1 is 0.432 bits per heavy atom. The van der Waals surface area contributed by atoms with Crippen LogP contribution in [-0.2, 0) is 30.1 Å². The molecule has 37 heavy (non-hydrogen) atoms. The maximum Gasteiger partial charge on any atom is 0.254 e. The van der Waals surface area contributed by atoms with Crippen molar-refractivity contribution in [3.63, 3.8) is 0 Å². The predicted octanol–water partition coefficient (Wildman–Crippen LogP) is 0.408.